The Bertz CT molecular complexity index is 1290. The minimum atomic E-state index is -1.43. The van der Waals surface area contributed by atoms with Crippen LogP contribution in [0, 0.1) is 0 Å². The molecule has 3 heterocycles. The van der Waals surface area contributed by atoms with Gasteiger partial charge in [0.1, 0.15) is 5.75 Å². The number of amides is 4. The quantitative estimate of drug-likeness (QED) is 0.540. The lowest BCUT2D eigenvalue weighted by molar-refractivity contribution is -0.124. The van der Waals surface area contributed by atoms with Crippen LogP contribution in [-0.2, 0) is 16.9 Å². The Morgan fingerprint density at radius 1 is 0.971 bits per heavy atom. The maximum atomic E-state index is 13.1. The lowest BCUT2D eigenvalue weighted by Crippen LogP contribution is -2.52. The van der Waals surface area contributed by atoms with Crippen molar-refractivity contribution in [3.63, 3.8) is 0 Å². The summed E-state index contributed by atoms with van der Waals surface area (Å²) in [5, 5.41) is 5.05. The molecule has 0 saturated carbocycles. The molecule has 10 heteroatoms. The van der Waals surface area contributed by atoms with E-state index < -0.39 is 17.5 Å². The molecule has 4 amide bonds. The summed E-state index contributed by atoms with van der Waals surface area (Å²) in [5.41, 5.74) is 1.18. The van der Waals surface area contributed by atoms with E-state index in [-0.39, 0.29) is 12.5 Å². The smallest absolute Gasteiger partial charge is 0.322 e. The van der Waals surface area contributed by atoms with Gasteiger partial charge >= 0.3 is 6.03 Å². The molecule has 1 fully saturated rings. The zero-order chi connectivity index (χ0) is 23.9. The van der Waals surface area contributed by atoms with Gasteiger partial charge in [0, 0.05) is 17.7 Å². The molecule has 172 valence electrons. The molecule has 2 aromatic carbocycles. The van der Waals surface area contributed by atoms with Crippen molar-refractivity contribution in [2.45, 2.75) is 12.1 Å². The number of ether oxygens (including phenoxy) is 2. The Labute approximate surface area is 194 Å². The average molecular weight is 459 g/mol. The van der Waals surface area contributed by atoms with Gasteiger partial charge in [-0.1, -0.05) is 30.3 Å². The monoisotopic (exact) mass is 459 g/mol. The van der Waals surface area contributed by atoms with E-state index in [1.54, 1.807) is 53.7 Å². The van der Waals surface area contributed by atoms with Gasteiger partial charge in [0.25, 0.3) is 11.8 Å². The van der Waals surface area contributed by atoms with Crippen LogP contribution >= 0.6 is 0 Å². The highest BCUT2D eigenvalue weighted by atomic mass is 16.5. The van der Waals surface area contributed by atoms with Crippen LogP contribution in [0.2, 0.25) is 0 Å². The fourth-order valence-electron chi connectivity index (χ4n) is 4.25. The highest BCUT2D eigenvalue weighted by Gasteiger charge is 2.50. The molecule has 2 aliphatic heterocycles. The third kappa shape index (κ3) is 3.49. The largest absolute Gasteiger partial charge is 0.497 e. The summed E-state index contributed by atoms with van der Waals surface area (Å²) >= 11 is 0. The number of imide groups is 1. The lowest BCUT2D eigenvalue weighted by Gasteiger charge is -2.31. The Kier molecular flexibility index (Phi) is 5.12. The van der Waals surface area contributed by atoms with Crippen molar-refractivity contribution in [2.24, 2.45) is 0 Å². The van der Waals surface area contributed by atoms with Crippen LogP contribution in [0.5, 0.6) is 11.5 Å². The Hall–Kier alpha value is -4.47. The molecule has 0 spiro atoms. The molecule has 3 aromatic rings. The van der Waals surface area contributed by atoms with Crippen LogP contribution < -0.4 is 20.1 Å². The molecule has 5 rings (SSSR count). The highest BCUT2D eigenvalue weighted by molar-refractivity contribution is 6.08. The first-order valence-electron chi connectivity index (χ1n) is 10.5. The van der Waals surface area contributed by atoms with Gasteiger partial charge in [0.15, 0.2) is 17.1 Å². The topological polar surface area (TPSA) is 123 Å². The van der Waals surface area contributed by atoms with Gasteiger partial charge in [-0.15, -0.1) is 0 Å². The second-order valence-corrected chi connectivity index (χ2v) is 8.02. The molecule has 2 aliphatic rings. The Morgan fingerprint density at radius 2 is 1.68 bits per heavy atom. The van der Waals surface area contributed by atoms with Gasteiger partial charge in [-0.3, -0.25) is 14.9 Å². The fourth-order valence-corrected chi connectivity index (χ4v) is 4.25. The van der Waals surface area contributed by atoms with Crippen molar-refractivity contribution in [3.8, 4) is 22.9 Å². The van der Waals surface area contributed by atoms with Crippen LogP contribution in [0.3, 0.4) is 0 Å². The summed E-state index contributed by atoms with van der Waals surface area (Å²) in [6, 6.07) is 11.7. The van der Waals surface area contributed by atoms with E-state index in [9.17, 15) is 14.4 Å². The summed E-state index contributed by atoms with van der Waals surface area (Å²) in [6.45, 7) is 0.291. The Morgan fingerprint density at radius 3 is 2.29 bits per heavy atom. The van der Waals surface area contributed by atoms with E-state index in [1.807, 2.05) is 6.07 Å². The van der Waals surface area contributed by atoms with Crippen molar-refractivity contribution >= 4 is 17.8 Å². The number of carbonyl (C=O) groups excluding carboxylic acids is 3. The molecule has 2 N–H and O–H groups in total. The standard InChI is InChI=1S/C24H21N5O5/c1-33-17-8-5-15-12-29(21(30)19(15)9-17)13-24(22(31)27-23(32)28-24)16-6-3-14(4-7-16)20-25-10-18(34-2)11-26-20/h3-11H,12-13H2,1-2H3,(H2,27,28,31,32). The molecule has 0 radical (unpaired) electrons. The number of aromatic nitrogens is 2. The second kappa shape index (κ2) is 8.14. The number of benzene rings is 2. The molecule has 1 aromatic heterocycles. The summed E-state index contributed by atoms with van der Waals surface area (Å²) in [5.74, 6) is 0.851. The van der Waals surface area contributed by atoms with Gasteiger partial charge in [-0.2, -0.15) is 0 Å². The minimum Gasteiger partial charge on any atom is -0.497 e. The second-order valence-electron chi connectivity index (χ2n) is 8.02. The van der Waals surface area contributed by atoms with Crippen LogP contribution in [0.1, 0.15) is 21.5 Å². The predicted octanol–water partition coefficient (Wildman–Crippen LogP) is 1.85. The van der Waals surface area contributed by atoms with Crippen LogP contribution in [0.15, 0.2) is 54.9 Å². The van der Waals surface area contributed by atoms with E-state index >= 15 is 0 Å². The number of nitrogens with one attached hydrogen (secondary N) is 2. The molecular formula is C24H21N5O5. The number of methoxy groups -OCH3 is 2. The highest BCUT2D eigenvalue weighted by Crippen LogP contribution is 2.33. The first-order valence-corrected chi connectivity index (χ1v) is 10.5. The summed E-state index contributed by atoms with van der Waals surface area (Å²) in [4.78, 5) is 48.4. The van der Waals surface area contributed by atoms with Crippen molar-refractivity contribution < 1.29 is 23.9 Å². The fraction of sp³-hybridized carbons (Fsp3) is 0.208. The molecule has 10 nitrogen and oxygen atoms in total. The molecule has 1 unspecified atom stereocenters. The average Bonchev–Trinajstić information content (AvgIpc) is 3.33. The molecule has 1 atom stereocenters. The summed E-state index contributed by atoms with van der Waals surface area (Å²) < 4.78 is 10.3. The van der Waals surface area contributed by atoms with E-state index in [4.69, 9.17) is 9.47 Å². The zero-order valence-electron chi connectivity index (χ0n) is 18.5. The first-order chi connectivity index (χ1) is 16.4. The number of hydrogen-bond acceptors (Lipinski definition) is 7. The number of urea groups is 1. The van der Waals surface area contributed by atoms with E-state index in [0.29, 0.717) is 35.0 Å². The zero-order valence-corrected chi connectivity index (χ0v) is 18.5. The van der Waals surface area contributed by atoms with Crippen LogP contribution in [0.25, 0.3) is 11.4 Å². The van der Waals surface area contributed by atoms with Crippen LogP contribution in [0.4, 0.5) is 4.79 Å². The van der Waals surface area contributed by atoms with E-state index in [1.165, 1.54) is 14.2 Å². The van der Waals surface area contributed by atoms with Crippen molar-refractivity contribution in [2.75, 3.05) is 20.8 Å². The molecule has 0 bridgehead atoms. The maximum absolute atomic E-state index is 13.1. The number of rotatable bonds is 6. The van der Waals surface area contributed by atoms with Gasteiger partial charge in [0.05, 0.1) is 33.2 Å². The molecule has 34 heavy (non-hydrogen) atoms. The summed E-state index contributed by atoms with van der Waals surface area (Å²) in [6.07, 6.45) is 3.13. The van der Waals surface area contributed by atoms with E-state index in [2.05, 4.69) is 20.6 Å². The van der Waals surface area contributed by atoms with Crippen molar-refractivity contribution in [1.82, 2.24) is 25.5 Å². The minimum absolute atomic E-state index is 0.0290. The number of carbonyl (C=O) groups is 3. The van der Waals surface area contributed by atoms with Crippen molar-refractivity contribution in [1.29, 1.82) is 0 Å². The van der Waals surface area contributed by atoms with Gasteiger partial charge in [-0.25, -0.2) is 14.8 Å². The number of fused-ring (bicyclic) bond motifs is 1. The lowest BCUT2D eigenvalue weighted by atomic mass is 9.88. The Balaban J connectivity index is 1.46. The van der Waals surface area contributed by atoms with Gasteiger partial charge in [-0.05, 0) is 23.3 Å². The van der Waals surface area contributed by atoms with Crippen LogP contribution in [-0.4, -0.2) is 53.5 Å². The molecule has 0 aliphatic carbocycles. The number of hydrogen-bond donors (Lipinski definition) is 2. The van der Waals surface area contributed by atoms with Gasteiger partial charge in [0.2, 0.25) is 0 Å². The van der Waals surface area contributed by atoms with E-state index in [0.717, 1.165) is 11.1 Å². The third-order valence-electron chi connectivity index (χ3n) is 6.07. The normalized spacial score (nSPS) is 19.0. The first kappa shape index (κ1) is 21.4. The number of nitrogens with zero attached hydrogens (tertiary/aromatic N) is 3. The maximum Gasteiger partial charge on any atom is 0.322 e. The van der Waals surface area contributed by atoms with Gasteiger partial charge < -0.3 is 19.7 Å². The third-order valence-corrected chi connectivity index (χ3v) is 6.07. The molecular weight excluding hydrogens is 438 g/mol. The summed E-state index contributed by atoms with van der Waals surface area (Å²) in [7, 11) is 3.07. The molecule has 1 saturated heterocycles. The SMILES string of the molecule is COc1cnc(-c2ccc(C3(CN4Cc5ccc(OC)cc5C4=O)NC(=O)NC3=O)cc2)nc1. The van der Waals surface area contributed by atoms with Crippen molar-refractivity contribution in [3.05, 3.63) is 71.5 Å². The predicted molar refractivity (Wildman–Crippen MR) is 120 cm³/mol.